The van der Waals surface area contributed by atoms with E-state index in [2.05, 4.69) is 47.3 Å². The Kier molecular flexibility index (Phi) is 5.04. The Labute approximate surface area is 108 Å². The summed E-state index contributed by atoms with van der Waals surface area (Å²) < 4.78 is 0. The number of hydrogen-bond acceptors (Lipinski definition) is 0. The molecule has 1 rings (SSSR count). The molecule has 0 aromatic rings. The molecule has 0 aromatic carbocycles. The molecule has 0 nitrogen and oxygen atoms in total. The molecule has 98 valence electrons. The molecule has 0 saturated heterocycles. The van der Waals surface area contributed by atoms with Crippen LogP contribution in [0.4, 0.5) is 0 Å². The van der Waals surface area contributed by atoms with E-state index >= 15 is 0 Å². The molecule has 1 aliphatic carbocycles. The Morgan fingerprint density at radius 1 is 1.53 bits per heavy atom. The second kappa shape index (κ2) is 5.89. The van der Waals surface area contributed by atoms with E-state index in [0.717, 1.165) is 11.8 Å². The lowest BCUT2D eigenvalue weighted by Crippen LogP contribution is -2.26. The summed E-state index contributed by atoms with van der Waals surface area (Å²) in [4.78, 5) is 0. The fourth-order valence-electron chi connectivity index (χ4n) is 3.33. The first-order valence-corrected chi connectivity index (χ1v) is 7.23. The minimum Gasteiger partial charge on any atom is -0.0996 e. The van der Waals surface area contributed by atoms with Crippen molar-refractivity contribution >= 4 is 0 Å². The molecular weight excluding hydrogens is 204 g/mol. The van der Waals surface area contributed by atoms with Crippen LogP contribution in [0, 0.1) is 17.3 Å². The molecule has 0 aromatic heterocycles. The number of allylic oxidation sites excluding steroid dienone is 3. The minimum atomic E-state index is 0.376. The van der Waals surface area contributed by atoms with Gasteiger partial charge in [0, 0.05) is 0 Å². The van der Waals surface area contributed by atoms with Crippen LogP contribution in [0.25, 0.3) is 0 Å². The van der Waals surface area contributed by atoms with Crippen LogP contribution in [0.2, 0.25) is 0 Å². The first-order valence-electron chi connectivity index (χ1n) is 7.23. The van der Waals surface area contributed by atoms with Crippen molar-refractivity contribution in [3.8, 4) is 0 Å². The summed E-state index contributed by atoms with van der Waals surface area (Å²) in [7, 11) is 0. The third kappa shape index (κ3) is 3.47. The first-order chi connectivity index (χ1) is 7.91. The normalized spacial score (nSPS) is 30.0. The molecule has 0 bridgehead atoms. The van der Waals surface area contributed by atoms with Crippen LogP contribution in [0.5, 0.6) is 0 Å². The summed E-state index contributed by atoms with van der Waals surface area (Å²) in [6.07, 6.45) is 8.88. The quantitative estimate of drug-likeness (QED) is 0.543. The standard InChI is InChI=1S/C17H30/c1-7-10-17(14(4)5)11-15(6)8-9-16(12-17)13(2)3/h8,13,16H,4,7,9-12H2,1-3,5-6H3/t16-,17-/m0/s1. The summed E-state index contributed by atoms with van der Waals surface area (Å²) in [6.45, 7) is 15.9. The van der Waals surface area contributed by atoms with Gasteiger partial charge in [-0.3, -0.25) is 0 Å². The van der Waals surface area contributed by atoms with Crippen LogP contribution < -0.4 is 0 Å². The maximum Gasteiger partial charge on any atom is -0.00538 e. The minimum absolute atomic E-state index is 0.376. The van der Waals surface area contributed by atoms with Gasteiger partial charge < -0.3 is 0 Å². The summed E-state index contributed by atoms with van der Waals surface area (Å²) >= 11 is 0. The smallest absolute Gasteiger partial charge is 0.00538 e. The highest BCUT2D eigenvalue weighted by Gasteiger charge is 2.35. The zero-order valence-corrected chi connectivity index (χ0v) is 12.5. The van der Waals surface area contributed by atoms with Crippen molar-refractivity contribution in [1.29, 1.82) is 0 Å². The van der Waals surface area contributed by atoms with Crippen molar-refractivity contribution in [3.63, 3.8) is 0 Å². The Balaban J connectivity index is 3.01. The van der Waals surface area contributed by atoms with Crippen LogP contribution >= 0.6 is 0 Å². The third-order valence-electron chi connectivity index (χ3n) is 4.62. The SMILES string of the molecule is C=C(C)[C@@]1(CCC)CC(C)=CC[C@H](C(C)C)C1. The topological polar surface area (TPSA) is 0 Å². The maximum absolute atomic E-state index is 4.31. The summed E-state index contributed by atoms with van der Waals surface area (Å²) in [5.74, 6) is 1.61. The van der Waals surface area contributed by atoms with Gasteiger partial charge in [-0.1, -0.05) is 51.0 Å². The Bertz CT molecular complexity index is 295. The van der Waals surface area contributed by atoms with E-state index in [1.807, 2.05) is 0 Å². The Morgan fingerprint density at radius 2 is 2.18 bits per heavy atom. The molecule has 0 fully saturated rings. The van der Waals surface area contributed by atoms with E-state index in [9.17, 15) is 0 Å². The van der Waals surface area contributed by atoms with Crippen molar-refractivity contribution in [1.82, 2.24) is 0 Å². The molecule has 2 atom stereocenters. The second-order valence-corrected chi connectivity index (χ2v) is 6.48. The largest absolute Gasteiger partial charge is 0.0996 e. The molecule has 1 aliphatic rings. The Hall–Kier alpha value is -0.520. The molecule has 0 heterocycles. The average Bonchev–Trinajstić information content (AvgIpc) is 2.39. The van der Waals surface area contributed by atoms with E-state index in [0.29, 0.717) is 5.41 Å². The van der Waals surface area contributed by atoms with Crippen LogP contribution in [-0.2, 0) is 0 Å². The van der Waals surface area contributed by atoms with Crippen molar-refractivity contribution in [2.24, 2.45) is 17.3 Å². The molecule has 0 heteroatoms. The predicted octanol–water partition coefficient (Wildman–Crippen LogP) is 5.75. The third-order valence-corrected chi connectivity index (χ3v) is 4.62. The van der Waals surface area contributed by atoms with Crippen LogP contribution in [0.15, 0.2) is 23.8 Å². The number of hydrogen-bond donors (Lipinski definition) is 0. The first kappa shape index (κ1) is 14.5. The van der Waals surface area contributed by atoms with E-state index in [4.69, 9.17) is 0 Å². The van der Waals surface area contributed by atoms with Gasteiger partial charge in [-0.25, -0.2) is 0 Å². The molecule has 0 spiro atoms. The average molecular weight is 234 g/mol. The fraction of sp³-hybridized carbons (Fsp3) is 0.765. The molecule has 0 radical (unpaired) electrons. The van der Waals surface area contributed by atoms with Gasteiger partial charge in [-0.2, -0.15) is 0 Å². The fourth-order valence-corrected chi connectivity index (χ4v) is 3.33. The molecule has 0 N–H and O–H groups in total. The monoisotopic (exact) mass is 234 g/mol. The van der Waals surface area contributed by atoms with E-state index < -0.39 is 0 Å². The Morgan fingerprint density at radius 3 is 2.65 bits per heavy atom. The summed E-state index contributed by atoms with van der Waals surface area (Å²) in [6, 6.07) is 0. The van der Waals surface area contributed by atoms with Crippen molar-refractivity contribution in [2.45, 2.75) is 66.7 Å². The van der Waals surface area contributed by atoms with Gasteiger partial charge in [-0.15, -0.1) is 0 Å². The van der Waals surface area contributed by atoms with Gasteiger partial charge in [0.05, 0.1) is 0 Å². The molecule has 0 saturated carbocycles. The molecule has 0 amide bonds. The van der Waals surface area contributed by atoms with Crippen LogP contribution in [0.1, 0.15) is 66.7 Å². The maximum atomic E-state index is 4.31. The van der Waals surface area contributed by atoms with E-state index in [1.54, 1.807) is 5.57 Å². The predicted molar refractivity (Wildman–Crippen MR) is 78.1 cm³/mol. The van der Waals surface area contributed by atoms with Gasteiger partial charge in [0.15, 0.2) is 0 Å². The molecule has 0 unspecified atom stereocenters. The van der Waals surface area contributed by atoms with E-state index in [1.165, 1.54) is 37.7 Å². The van der Waals surface area contributed by atoms with Gasteiger partial charge in [0.2, 0.25) is 0 Å². The van der Waals surface area contributed by atoms with Crippen molar-refractivity contribution < 1.29 is 0 Å². The lowest BCUT2D eigenvalue weighted by Gasteiger charge is -2.37. The lowest BCUT2D eigenvalue weighted by molar-refractivity contribution is 0.214. The zero-order chi connectivity index (χ0) is 13.1. The van der Waals surface area contributed by atoms with Crippen LogP contribution in [-0.4, -0.2) is 0 Å². The highest BCUT2D eigenvalue weighted by Crippen LogP contribution is 2.47. The van der Waals surface area contributed by atoms with Gasteiger partial charge >= 0.3 is 0 Å². The van der Waals surface area contributed by atoms with Crippen LogP contribution in [0.3, 0.4) is 0 Å². The molecule has 17 heavy (non-hydrogen) atoms. The summed E-state index contributed by atoms with van der Waals surface area (Å²) in [5.41, 5.74) is 3.35. The highest BCUT2D eigenvalue weighted by atomic mass is 14.4. The number of rotatable bonds is 4. The van der Waals surface area contributed by atoms with Gasteiger partial charge in [0.25, 0.3) is 0 Å². The molecule has 0 aliphatic heterocycles. The van der Waals surface area contributed by atoms with Gasteiger partial charge in [-0.05, 0) is 56.8 Å². The highest BCUT2D eigenvalue weighted by molar-refractivity contribution is 5.17. The van der Waals surface area contributed by atoms with E-state index in [-0.39, 0.29) is 0 Å². The zero-order valence-electron chi connectivity index (χ0n) is 12.5. The summed E-state index contributed by atoms with van der Waals surface area (Å²) in [5, 5.41) is 0. The lowest BCUT2D eigenvalue weighted by atomic mass is 9.67. The molecular formula is C17H30. The van der Waals surface area contributed by atoms with Gasteiger partial charge in [0.1, 0.15) is 0 Å². The second-order valence-electron chi connectivity index (χ2n) is 6.48. The van der Waals surface area contributed by atoms with Crippen molar-refractivity contribution in [2.75, 3.05) is 0 Å². The van der Waals surface area contributed by atoms with Crippen molar-refractivity contribution in [3.05, 3.63) is 23.8 Å².